The van der Waals surface area contributed by atoms with Crippen LogP contribution < -0.4 is 5.32 Å². The zero-order valence-electron chi connectivity index (χ0n) is 12.5. The fourth-order valence-corrected chi connectivity index (χ4v) is 3.58. The normalized spacial score (nSPS) is 14.2. The summed E-state index contributed by atoms with van der Waals surface area (Å²) in [6.45, 7) is 9.47. The Labute approximate surface area is 134 Å². The molecular weight excluding hydrogens is 304 g/mol. The lowest BCUT2D eigenvalue weighted by Crippen LogP contribution is -2.37. The smallest absolute Gasteiger partial charge is 0.233 e. The minimum absolute atomic E-state index is 0.215. The summed E-state index contributed by atoms with van der Waals surface area (Å²) in [5.41, 5.74) is 0. The summed E-state index contributed by atoms with van der Waals surface area (Å²) in [6.07, 6.45) is 4.08. The van der Waals surface area contributed by atoms with E-state index in [1.165, 1.54) is 23.1 Å². The second kappa shape index (κ2) is 7.79. The molecule has 1 aromatic heterocycles. The van der Waals surface area contributed by atoms with Crippen molar-refractivity contribution in [3.8, 4) is 0 Å². The Morgan fingerprint density at radius 2 is 2.33 bits per heavy atom. The highest BCUT2D eigenvalue weighted by Gasteiger charge is 2.32. The van der Waals surface area contributed by atoms with Gasteiger partial charge in [-0.2, -0.15) is 0 Å². The van der Waals surface area contributed by atoms with E-state index in [2.05, 4.69) is 35.9 Å². The van der Waals surface area contributed by atoms with Crippen LogP contribution in [-0.4, -0.2) is 45.9 Å². The lowest BCUT2D eigenvalue weighted by Gasteiger charge is -2.24. The highest BCUT2D eigenvalue weighted by molar-refractivity contribution is 8.01. The molecule has 0 bridgehead atoms. The molecule has 0 aromatic carbocycles. The predicted molar refractivity (Wildman–Crippen MR) is 88.9 cm³/mol. The highest BCUT2D eigenvalue weighted by Crippen LogP contribution is 2.30. The lowest BCUT2D eigenvalue weighted by atomic mass is 10.2. The lowest BCUT2D eigenvalue weighted by molar-refractivity contribution is -0.129. The van der Waals surface area contributed by atoms with Gasteiger partial charge < -0.3 is 10.2 Å². The molecule has 116 valence electrons. The zero-order chi connectivity index (χ0) is 15.2. The van der Waals surface area contributed by atoms with Crippen LogP contribution in [0.2, 0.25) is 0 Å². The number of amides is 1. The number of nitrogens with zero attached hydrogens (tertiary/aromatic N) is 3. The van der Waals surface area contributed by atoms with Gasteiger partial charge in [0.2, 0.25) is 11.0 Å². The standard InChI is InChI=1S/C14H22N4OS2/c1-4-7-15-13-16-17-14(21-13)20-9-12(19)18(8-10(2)3)11-5-6-11/h4,10-11H,1,5-9H2,2-3H3,(H,15,16). The Balaban J connectivity index is 1.81. The molecule has 2 rings (SSSR count). The van der Waals surface area contributed by atoms with Crippen molar-refractivity contribution in [1.29, 1.82) is 0 Å². The molecule has 1 aromatic rings. The van der Waals surface area contributed by atoms with Crippen LogP contribution >= 0.6 is 23.1 Å². The van der Waals surface area contributed by atoms with Crippen molar-refractivity contribution >= 4 is 34.1 Å². The number of carbonyl (C=O) groups excluding carboxylic acids is 1. The van der Waals surface area contributed by atoms with Crippen molar-refractivity contribution < 1.29 is 4.79 Å². The molecule has 0 radical (unpaired) electrons. The van der Waals surface area contributed by atoms with E-state index >= 15 is 0 Å². The number of anilines is 1. The Hall–Kier alpha value is -1.08. The quantitative estimate of drug-likeness (QED) is 0.558. The monoisotopic (exact) mass is 326 g/mol. The summed E-state index contributed by atoms with van der Waals surface area (Å²) in [4.78, 5) is 14.4. The van der Waals surface area contributed by atoms with E-state index in [1.54, 1.807) is 6.08 Å². The van der Waals surface area contributed by atoms with Crippen LogP contribution in [0.15, 0.2) is 17.0 Å². The molecule has 1 saturated carbocycles. The van der Waals surface area contributed by atoms with E-state index in [4.69, 9.17) is 0 Å². The van der Waals surface area contributed by atoms with Crippen molar-refractivity contribution in [1.82, 2.24) is 15.1 Å². The van der Waals surface area contributed by atoms with Gasteiger partial charge in [-0.3, -0.25) is 4.79 Å². The summed E-state index contributed by atoms with van der Waals surface area (Å²) in [6, 6.07) is 0.472. The molecule has 1 amide bonds. The molecule has 0 aliphatic heterocycles. The van der Waals surface area contributed by atoms with Gasteiger partial charge in [-0.25, -0.2) is 0 Å². The number of nitrogens with one attached hydrogen (secondary N) is 1. The first kappa shape index (κ1) is 16.3. The first-order valence-electron chi connectivity index (χ1n) is 7.20. The van der Waals surface area contributed by atoms with Gasteiger partial charge >= 0.3 is 0 Å². The molecule has 1 aliphatic carbocycles. The maximum absolute atomic E-state index is 12.3. The molecular formula is C14H22N4OS2. The third-order valence-corrected chi connectivity index (χ3v) is 4.99. The summed E-state index contributed by atoms with van der Waals surface area (Å²) in [7, 11) is 0. The molecule has 1 aliphatic rings. The largest absolute Gasteiger partial charge is 0.357 e. The Morgan fingerprint density at radius 1 is 1.57 bits per heavy atom. The van der Waals surface area contributed by atoms with Gasteiger partial charge in [-0.05, 0) is 18.8 Å². The minimum Gasteiger partial charge on any atom is -0.357 e. The summed E-state index contributed by atoms with van der Waals surface area (Å²) < 4.78 is 0.829. The van der Waals surface area contributed by atoms with Crippen LogP contribution in [0.4, 0.5) is 5.13 Å². The van der Waals surface area contributed by atoms with E-state index in [1.807, 2.05) is 4.90 Å². The van der Waals surface area contributed by atoms with Crippen molar-refractivity contribution in [3.05, 3.63) is 12.7 Å². The molecule has 1 N–H and O–H groups in total. The zero-order valence-corrected chi connectivity index (χ0v) is 14.2. The summed E-state index contributed by atoms with van der Waals surface area (Å²) in [5.74, 6) is 1.17. The average molecular weight is 326 g/mol. The molecule has 0 atom stereocenters. The van der Waals surface area contributed by atoms with E-state index in [-0.39, 0.29) is 5.91 Å². The van der Waals surface area contributed by atoms with Crippen molar-refractivity contribution in [2.24, 2.45) is 5.92 Å². The van der Waals surface area contributed by atoms with Gasteiger partial charge in [-0.1, -0.05) is 43.0 Å². The van der Waals surface area contributed by atoms with Crippen molar-refractivity contribution in [3.63, 3.8) is 0 Å². The second-order valence-corrected chi connectivity index (χ2v) is 7.70. The van der Waals surface area contributed by atoms with Gasteiger partial charge in [-0.15, -0.1) is 16.8 Å². The Bertz CT molecular complexity index is 485. The van der Waals surface area contributed by atoms with E-state index in [9.17, 15) is 4.79 Å². The van der Waals surface area contributed by atoms with Crippen LogP contribution in [0.3, 0.4) is 0 Å². The third kappa shape index (κ3) is 5.32. The number of thioether (sulfide) groups is 1. The molecule has 0 spiro atoms. The molecule has 1 heterocycles. The predicted octanol–water partition coefficient (Wildman–Crippen LogP) is 2.88. The Kier molecular flexibility index (Phi) is 6.05. The molecule has 0 unspecified atom stereocenters. The van der Waals surface area contributed by atoms with Crippen LogP contribution in [-0.2, 0) is 4.79 Å². The summed E-state index contributed by atoms with van der Waals surface area (Å²) >= 11 is 2.95. The van der Waals surface area contributed by atoms with Gasteiger partial charge in [0.25, 0.3) is 0 Å². The maximum Gasteiger partial charge on any atom is 0.233 e. The highest BCUT2D eigenvalue weighted by atomic mass is 32.2. The number of hydrogen-bond acceptors (Lipinski definition) is 6. The number of hydrogen-bond donors (Lipinski definition) is 1. The molecule has 21 heavy (non-hydrogen) atoms. The molecule has 0 saturated heterocycles. The molecule has 1 fully saturated rings. The number of aromatic nitrogens is 2. The SMILES string of the molecule is C=CCNc1nnc(SCC(=O)N(CC(C)C)C2CC2)s1. The summed E-state index contributed by atoms with van der Waals surface area (Å²) in [5, 5.41) is 12.0. The fraction of sp³-hybridized carbons (Fsp3) is 0.643. The maximum atomic E-state index is 12.3. The molecule has 7 heteroatoms. The Morgan fingerprint density at radius 3 is 2.95 bits per heavy atom. The van der Waals surface area contributed by atoms with E-state index in [0.29, 0.717) is 24.3 Å². The van der Waals surface area contributed by atoms with Crippen LogP contribution in [0.5, 0.6) is 0 Å². The van der Waals surface area contributed by atoms with Crippen LogP contribution in [0.25, 0.3) is 0 Å². The first-order valence-corrected chi connectivity index (χ1v) is 9.01. The fourth-order valence-electron chi connectivity index (χ4n) is 1.94. The minimum atomic E-state index is 0.215. The van der Waals surface area contributed by atoms with E-state index < -0.39 is 0 Å². The van der Waals surface area contributed by atoms with Crippen LogP contribution in [0.1, 0.15) is 26.7 Å². The van der Waals surface area contributed by atoms with Gasteiger partial charge in [0.1, 0.15) is 0 Å². The average Bonchev–Trinajstić information content (AvgIpc) is 3.19. The van der Waals surface area contributed by atoms with Gasteiger partial charge in [0, 0.05) is 19.1 Å². The first-order chi connectivity index (χ1) is 10.1. The van der Waals surface area contributed by atoms with Gasteiger partial charge in [0.15, 0.2) is 4.34 Å². The van der Waals surface area contributed by atoms with Crippen LogP contribution in [0, 0.1) is 5.92 Å². The number of rotatable bonds is 9. The second-order valence-electron chi connectivity index (χ2n) is 5.50. The van der Waals surface area contributed by atoms with Crippen molar-refractivity contribution in [2.75, 3.05) is 24.2 Å². The van der Waals surface area contributed by atoms with Crippen molar-refractivity contribution in [2.45, 2.75) is 37.1 Å². The van der Waals surface area contributed by atoms with E-state index in [0.717, 1.165) is 28.9 Å². The third-order valence-electron chi connectivity index (χ3n) is 2.99. The number of carbonyl (C=O) groups is 1. The topological polar surface area (TPSA) is 58.1 Å². The van der Waals surface area contributed by atoms with Gasteiger partial charge in [0.05, 0.1) is 5.75 Å². The molecule has 5 nitrogen and oxygen atoms in total.